The van der Waals surface area contributed by atoms with Crippen LogP contribution < -0.4 is 4.90 Å². The molecule has 1 aliphatic heterocycles. The summed E-state index contributed by atoms with van der Waals surface area (Å²) in [5.41, 5.74) is 2.75. The minimum absolute atomic E-state index is 0.167. The number of hydrogen-bond acceptors (Lipinski definition) is 5. The Morgan fingerprint density at radius 3 is 2.57 bits per heavy atom. The van der Waals surface area contributed by atoms with E-state index in [4.69, 9.17) is 11.6 Å². The van der Waals surface area contributed by atoms with Gasteiger partial charge in [0.15, 0.2) is 15.6 Å². The van der Waals surface area contributed by atoms with Crippen molar-refractivity contribution in [1.82, 2.24) is 4.98 Å². The molecule has 7 heteroatoms. The molecule has 3 rings (SSSR count). The maximum Gasteiger partial charge on any atom is 0.192 e. The van der Waals surface area contributed by atoms with Crippen LogP contribution in [-0.2, 0) is 14.6 Å². The number of pyridine rings is 1. The summed E-state index contributed by atoms with van der Waals surface area (Å²) in [4.78, 5) is 6.08. The molecule has 0 aliphatic carbocycles. The molecule has 0 atom stereocenters. The first-order valence-corrected chi connectivity index (χ1v) is 11.1. The standard InChI is InChI=1S/C21H25ClN2O3S/c1-6-12-24(5)18-13(2)9-10-14(16(18)22)20-19(25)17-15(8-7-11-23-17)21(3,4)28(20,26)27/h7-11,25H,6,12H2,1-5H3. The summed E-state index contributed by atoms with van der Waals surface area (Å²) in [6.07, 6.45) is 2.46. The van der Waals surface area contributed by atoms with Crippen molar-refractivity contribution in [2.24, 2.45) is 0 Å². The maximum atomic E-state index is 13.5. The molecule has 5 nitrogen and oxygen atoms in total. The Kier molecular flexibility index (Phi) is 5.23. The zero-order valence-electron chi connectivity index (χ0n) is 16.7. The number of sulfone groups is 1. The molecule has 28 heavy (non-hydrogen) atoms. The predicted octanol–water partition coefficient (Wildman–Crippen LogP) is 4.94. The van der Waals surface area contributed by atoms with Gasteiger partial charge in [-0.25, -0.2) is 8.42 Å². The highest BCUT2D eigenvalue weighted by molar-refractivity contribution is 8.01. The van der Waals surface area contributed by atoms with Crippen molar-refractivity contribution in [3.05, 3.63) is 57.9 Å². The van der Waals surface area contributed by atoms with E-state index >= 15 is 0 Å². The van der Waals surface area contributed by atoms with Gasteiger partial charge in [-0.05, 0) is 38.8 Å². The van der Waals surface area contributed by atoms with E-state index in [0.717, 1.165) is 24.2 Å². The summed E-state index contributed by atoms with van der Waals surface area (Å²) in [5, 5.41) is 11.3. The van der Waals surface area contributed by atoms with Crippen LogP contribution in [0.4, 0.5) is 5.69 Å². The van der Waals surface area contributed by atoms with E-state index in [1.807, 2.05) is 24.9 Å². The van der Waals surface area contributed by atoms with Crippen molar-refractivity contribution in [1.29, 1.82) is 0 Å². The molecule has 1 aromatic heterocycles. The minimum atomic E-state index is -3.92. The second-order valence-corrected chi connectivity index (χ2v) is 10.4. The number of benzene rings is 1. The van der Waals surface area contributed by atoms with Crippen LogP contribution in [0.25, 0.3) is 10.7 Å². The molecule has 0 saturated carbocycles. The number of aryl methyl sites for hydroxylation is 1. The highest BCUT2D eigenvalue weighted by Crippen LogP contribution is 2.49. The molecule has 0 saturated heterocycles. The molecule has 1 aromatic carbocycles. The Balaban J connectivity index is 2.37. The summed E-state index contributed by atoms with van der Waals surface area (Å²) < 4.78 is 25.8. The zero-order chi connectivity index (χ0) is 20.9. The van der Waals surface area contributed by atoms with Gasteiger partial charge in [0.25, 0.3) is 0 Å². The fourth-order valence-electron chi connectivity index (χ4n) is 3.74. The van der Waals surface area contributed by atoms with E-state index < -0.39 is 14.6 Å². The van der Waals surface area contributed by atoms with Crippen molar-refractivity contribution in [3.63, 3.8) is 0 Å². The van der Waals surface area contributed by atoms with E-state index in [-0.39, 0.29) is 16.4 Å². The molecule has 0 fully saturated rings. The number of hydrogen-bond donors (Lipinski definition) is 1. The summed E-state index contributed by atoms with van der Waals surface area (Å²) in [5.74, 6) is -0.357. The number of fused-ring (bicyclic) bond motifs is 1. The number of aliphatic hydroxyl groups excluding tert-OH is 1. The molecule has 1 N–H and O–H groups in total. The van der Waals surface area contributed by atoms with Crippen LogP contribution in [0.3, 0.4) is 0 Å². The second-order valence-electron chi connectivity index (χ2n) is 7.61. The lowest BCUT2D eigenvalue weighted by Crippen LogP contribution is -2.35. The Labute approximate surface area is 171 Å². The first-order valence-electron chi connectivity index (χ1n) is 9.20. The van der Waals surface area contributed by atoms with Crippen molar-refractivity contribution in [2.75, 3.05) is 18.5 Å². The van der Waals surface area contributed by atoms with Gasteiger partial charge in [0, 0.05) is 30.9 Å². The number of anilines is 1. The summed E-state index contributed by atoms with van der Waals surface area (Å²) >= 11 is 6.72. The molecule has 0 radical (unpaired) electrons. The summed E-state index contributed by atoms with van der Waals surface area (Å²) in [7, 11) is -2.00. The van der Waals surface area contributed by atoms with Crippen LogP contribution in [0, 0.1) is 6.92 Å². The van der Waals surface area contributed by atoms with Gasteiger partial charge in [0.2, 0.25) is 0 Å². The number of halogens is 1. The monoisotopic (exact) mass is 420 g/mol. The first kappa shape index (κ1) is 20.7. The van der Waals surface area contributed by atoms with Crippen molar-refractivity contribution < 1.29 is 13.5 Å². The smallest absolute Gasteiger partial charge is 0.192 e. The van der Waals surface area contributed by atoms with Gasteiger partial charge in [-0.1, -0.05) is 36.7 Å². The van der Waals surface area contributed by atoms with Gasteiger partial charge in [-0.15, -0.1) is 0 Å². The van der Waals surface area contributed by atoms with E-state index in [9.17, 15) is 13.5 Å². The zero-order valence-corrected chi connectivity index (χ0v) is 18.3. The van der Waals surface area contributed by atoms with Crippen molar-refractivity contribution >= 4 is 37.8 Å². The molecule has 1 aliphatic rings. The number of rotatable bonds is 4. The lowest BCUT2D eigenvalue weighted by molar-refractivity contribution is 0.501. The Morgan fingerprint density at radius 1 is 1.25 bits per heavy atom. The Bertz CT molecular complexity index is 1080. The van der Waals surface area contributed by atoms with Gasteiger partial charge >= 0.3 is 0 Å². The highest BCUT2D eigenvalue weighted by Gasteiger charge is 2.48. The molecular weight excluding hydrogens is 396 g/mol. The van der Waals surface area contributed by atoms with E-state index in [2.05, 4.69) is 11.9 Å². The van der Waals surface area contributed by atoms with Crippen LogP contribution in [0.5, 0.6) is 0 Å². The van der Waals surface area contributed by atoms with E-state index in [1.165, 1.54) is 6.20 Å². The lowest BCUT2D eigenvalue weighted by Gasteiger charge is -2.33. The molecule has 0 amide bonds. The molecule has 0 unspecified atom stereocenters. The maximum absolute atomic E-state index is 13.5. The van der Waals surface area contributed by atoms with Crippen LogP contribution in [0.15, 0.2) is 30.5 Å². The third-order valence-electron chi connectivity index (χ3n) is 5.34. The molecule has 0 spiro atoms. The normalized spacial score (nSPS) is 17.4. The lowest BCUT2D eigenvalue weighted by atomic mass is 9.97. The predicted molar refractivity (Wildman–Crippen MR) is 115 cm³/mol. The average Bonchev–Trinajstić information content (AvgIpc) is 2.62. The number of aromatic nitrogens is 1. The largest absolute Gasteiger partial charge is 0.504 e. The molecule has 0 bridgehead atoms. The quantitative estimate of drug-likeness (QED) is 0.758. The second kappa shape index (κ2) is 7.08. The topological polar surface area (TPSA) is 70.5 Å². The van der Waals surface area contributed by atoms with Gasteiger partial charge < -0.3 is 10.0 Å². The fraction of sp³-hybridized carbons (Fsp3) is 0.381. The molecule has 2 aromatic rings. The van der Waals surface area contributed by atoms with Crippen LogP contribution in [0.2, 0.25) is 5.02 Å². The highest BCUT2D eigenvalue weighted by atomic mass is 35.5. The molecule has 150 valence electrons. The summed E-state index contributed by atoms with van der Waals surface area (Å²) in [6, 6.07) is 6.85. The van der Waals surface area contributed by atoms with E-state index in [0.29, 0.717) is 16.1 Å². The molecular formula is C21H25ClN2O3S. The number of aliphatic hydroxyl groups is 1. The van der Waals surface area contributed by atoms with Gasteiger partial charge in [0.05, 0.1) is 15.5 Å². The first-order chi connectivity index (χ1) is 13.1. The van der Waals surface area contributed by atoms with Crippen LogP contribution >= 0.6 is 11.6 Å². The van der Waals surface area contributed by atoms with Crippen LogP contribution in [-0.4, -0.2) is 32.1 Å². The van der Waals surface area contributed by atoms with Crippen molar-refractivity contribution in [3.8, 4) is 0 Å². The SMILES string of the molecule is CCCN(C)c1c(C)ccc(C2=C(O)c3ncccc3C(C)(C)S2(=O)=O)c1Cl. The van der Waals surface area contributed by atoms with Gasteiger partial charge in [-0.2, -0.15) is 0 Å². The molecule has 2 heterocycles. The van der Waals surface area contributed by atoms with Gasteiger partial charge in [-0.3, -0.25) is 4.98 Å². The third-order valence-corrected chi connectivity index (χ3v) is 8.24. The van der Waals surface area contributed by atoms with Gasteiger partial charge in [0.1, 0.15) is 10.6 Å². The van der Waals surface area contributed by atoms with Crippen molar-refractivity contribution in [2.45, 2.75) is 38.9 Å². The number of nitrogens with zero attached hydrogens (tertiary/aromatic N) is 2. The minimum Gasteiger partial charge on any atom is -0.504 e. The Hall–Kier alpha value is -2.05. The van der Waals surface area contributed by atoms with Crippen LogP contribution in [0.1, 0.15) is 49.6 Å². The summed E-state index contributed by atoms with van der Waals surface area (Å²) in [6.45, 7) is 8.02. The fourth-order valence-corrected chi connectivity index (χ4v) is 6.02. The third kappa shape index (κ3) is 2.90. The van der Waals surface area contributed by atoms with E-state index in [1.54, 1.807) is 32.0 Å². The average molecular weight is 421 g/mol. The Morgan fingerprint density at radius 2 is 1.93 bits per heavy atom.